The summed E-state index contributed by atoms with van der Waals surface area (Å²) in [7, 11) is 0. The van der Waals surface area contributed by atoms with Crippen LogP contribution in [-0.2, 0) is 18.3 Å². The maximum absolute atomic E-state index is 10.7. The molecule has 1 N–H and O–H groups in total. The zero-order valence-corrected chi connectivity index (χ0v) is 20.7. The van der Waals surface area contributed by atoms with E-state index in [0.717, 1.165) is 36.6 Å². The van der Waals surface area contributed by atoms with E-state index in [1.807, 2.05) is 6.07 Å². The third-order valence-electron chi connectivity index (χ3n) is 9.10. The van der Waals surface area contributed by atoms with E-state index in [4.69, 9.17) is 5.10 Å². The van der Waals surface area contributed by atoms with Gasteiger partial charge in [0.2, 0.25) is 0 Å². The Bertz CT molecular complexity index is 1320. The van der Waals surface area contributed by atoms with E-state index in [1.165, 1.54) is 41.6 Å². The second kappa shape index (κ2) is 8.41. The Kier molecular flexibility index (Phi) is 5.33. The zero-order chi connectivity index (χ0) is 24.2. The molecule has 3 aromatic rings. The fraction of sp³-hybridized carbons (Fsp3) is 0.419. The molecule has 0 bridgehead atoms. The van der Waals surface area contributed by atoms with Crippen LogP contribution in [-0.4, -0.2) is 14.9 Å². The van der Waals surface area contributed by atoms with E-state index < -0.39 is 0 Å². The fourth-order valence-electron chi connectivity index (χ4n) is 6.86. The molecule has 2 aromatic carbocycles. The van der Waals surface area contributed by atoms with Crippen LogP contribution in [0, 0.1) is 29.1 Å². The highest BCUT2D eigenvalue weighted by atomic mass is 16.3. The predicted molar refractivity (Wildman–Crippen MR) is 138 cm³/mol. The number of rotatable bonds is 4. The van der Waals surface area contributed by atoms with E-state index in [9.17, 15) is 10.4 Å². The minimum Gasteiger partial charge on any atom is -0.511 e. The van der Waals surface area contributed by atoms with Gasteiger partial charge in [-0.15, -0.1) is 0 Å². The first-order valence-corrected chi connectivity index (χ1v) is 13.1. The van der Waals surface area contributed by atoms with Crippen molar-refractivity contribution >= 4 is 0 Å². The Morgan fingerprint density at radius 2 is 1.77 bits per heavy atom. The number of fused-ring (bicyclic) bond motifs is 3. The number of aliphatic hydroxyl groups is 1. The lowest BCUT2D eigenvalue weighted by Gasteiger charge is -2.46. The quantitative estimate of drug-likeness (QED) is 0.450. The Labute approximate surface area is 207 Å². The van der Waals surface area contributed by atoms with Crippen molar-refractivity contribution < 1.29 is 5.11 Å². The highest BCUT2D eigenvalue weighted by Crippen LogP contribution is 2.54. The van der Waals surface area contributed by atoms with Gasteiger partial charge in [0.1, 0.15) is 5.76 Å². The van der Waals surface area contributed by atoms with Gasteiger partial charge in [-0.1, -0.05) is 75.6 Å². The van der Waals surface area contributed by atoms with E-state index >= 15 is 0 Å². The summed E-state index contributed by atoms with van der Waals surface area (Å²) in [6, 6.07) is 21.6. The molecule has 0 radical (unpaired) electrons. The van der Waals surface area contributed by atoms with Crippen LogP contribution in [0.25, 0.3) is 16.8 Å². The molecule has 0 spiro atoms. The van der Waals surface area contributed by atoms with Crippen LogP contribution in [0.3, 0.4) is 0 Å². The third-order valence-corrected chi connectivity index (χ3v) is 9.10. The smallest absolute Gasteiger partial charge is 0.109 e. The minimum atomic E-state index is -0.228. The minimum absolute atomic E-state index is 0.0121. The van der Waals surface area contributed by atoms with Gasteiger partial charge in [0.15, 0.2) is 0 Å². The highest BCUT2D eigenvalue weighted by Gasteiger charge is 2.51. The van der Waals surface area contributed by atoms with Crippen LogP contribution < -0.4 is 0 Å². The average molecular weight is 464 g/mol. The molecule has 1 saturated carbocycles. The number of aromatic nitrogens is 2. The lowest BCUT2D eigenvalue weighted by atomic mass is 9.57. The predicted octanol–water partition coefficient (Wildman–Crippen LogP) is 7.08. The van der Waals surface area contributed by atoms with Crippen LogP contribution >= 0.6 is 0 Å². The summed E-state index contributed by atoms with van der Waals surface area (Å²) in [6.45, 7) is 4.35. The molecule has 35 heavy (non-hydrogen) atoms. The highest BCUT2D eigenvalue weighted by molar-refractivity contribution is 5.64. The number of hydrogen-bond donors (Lipinski definition) is 1. The summed E-state index contributed by atoms with van der Waals surface area (Å²) in [5, 5.41) is 25.8. The van der Waals surface area contributed by atoms with Crippen LogP contribution in [0.15, 0.2) is 65.9 Å². The van der Waals surface area contributed by atoms with Crippen molar-refractivity contribution in [2.45, 2.75) is 64.2 Å². The van der Waals surface area contributed by atoms with Crippen molar-refractivity contribution in [2.75, 3.05) is 0 Å². The van der Waals surface area contributed by atoms with Crippen molar-refractivity contribution in [3.63, 3.8) is 0 Å². The van der Waals surface area contributed by atoms with E-state index in [1.54, 1.807) is 0 Å². The monoisotopic (exact) mass is 463 g/mol. The SMILES string of the molecule is C[C@H]1C(O)=C(C#N)C[C@@]2(C)c3nn(-c4ccc(-c5ccccc5)cc4)c(CC4CCC4)c3CC[C@H]12. The van der Waals surface area contributed by atoms with Gasteiger partial charge >= 0.3 is 0 Å². The first-order valence-electron chi connectivity index (χ1n) is 13.1. The van der Waals surface area contributed by atoms with Crippen molar-refractivity contribution in [3.8, 4) is 22.9 Å². The van der Waals surface area contributed by atoms with Gasteiger partial charge in [-0.25, -0.2) is 4.68 Å². The standard InChI is InChI=1S/C31H33N3O/c1-20-27-16-15-26-28(17-21-7-6-8-21)34(33-30(26)31(27,2)18-24(19-32)29(20)35)25-13-11-23(12-14-25)22-9-4-3-5-10-22/h3-5,9-14,20-21,27,35H,6-8,15-18H2,1-2H3/t20-,27-,31-/m1/s1. The number of aliphatic hydroxyl groups excluding tert-OH is 1. The topological polar surface area (TPSA) is 61.8 Å². The lowest BCUT2D eigenvalue weighted by molar-refractivity contribution is 0.136. The van der Waals surface area contributed by atoms with Crippen LogP contribution in [0.2, 0.25) is 0 Å². The molecule has 1 aromatic heterocycles. The molecule has 0 saturated heterocycles. The van der Waals surface area contributed by atoms with Gasteiger partial charge in [-0.05, 0) is 66.3 Å². The maximum atomic E-state index is 10.7. The number of hydrogen-bond acceptors (Lipinski definition) is 3. The first-order chi connectivity index (χ1) is 17.0. The van der Waals surface area contributed by atoms with Crippen LogP contribution in [0.4, 0.5) is 0 Å². The van der Waals surface area contributed by atoms with Gasteiger partial charge < -0.3 is 5.11 Å². The molecule has 0 unspecified atom stereocenters. The molecule has 178 valence electrons. The Balaban J connectivity index is 1.45. The molecule has 0 aliphatic heterocycles. The Hall–Kier alpha value is -3.32. The number of nitrogens with zero attached hydrogens (tertiary/aromatic N) is 3. The third kappa shape index (κ3) is 3.52. The van der Waals surface area contributed by atoms with Crippen molar-refractivity contribution in [1.29, 1.82) is 5.26 Å². The average Bonchev–Trinajstić information content (AvgIpc) is 3.24. The molecule has 1 fully saturated rings. The molecule has 3 atom stereocenters. The Morgan fingerprint density at radius 3 is 2.43 bits per heavy atom. The molecule has 3 aliphatic rings. The van der Waals surface area contributed by atoms with Crippen molar-refractivity contribution in [3.05, 3.63) is 82.9 Å². The van der Waals surface area contributed by atoms with Gasteiger partial charge in [0, 0.05) is 17.0 Å². The Morgan fingerprint density at radius 1 is 1.06 bits per heavy atom. The fourth-order valence-corrected chi connectivity index (χ4v) is 6.86. The summed E-state index contributed by atoms with van der Waals surface area (Å²) >= 11 is 0. The number of benzene rings is 2. The van der Waals surface area contributed by atoms with E-state index in [0.29, 0.717) is 23.7 Å². The first kappa shape index (κ1) is 22.2. The summed E-state index contributed by atoms with van der Waals surface area (Å²) in [6.07, 6.45) is 7.62. The largest absolute Gasteiger partial charge is 0.511 e. The van der Waals surface area contributed by atoms with Gasteiger partial charge in [0.25, 0.3) is 0 Å². The second-order valence-corrected chi connectivity index (χ2v) is 11.1. The van der Waals surface area contributed by atoms with Gasteiger partial charge in [0.05, 0.1) is 23.0 Å². The van der Waals surface area contributed by atoms with Crippen LogP contribution in [0.1, 0.15) is 62.9 Å². The molecule has 3 aliphatic carbocycles. The van der Waals surface area contributed by atoms with Gasteiger partial charge in [-0.3, -0.25) is 0 Å². The molecule has 0 amide bonds. The van der Waals surface area contributed by atoms with E-state index in [2.05, 4.69) is 73.1 Å². The number of nitriles is 1. The second-order valence-electron chi connectivity index (χ2n) is 11.1. The molecule has 1 heterocycles. The summed E-state index contributed by atoms with van der Waals surface area (Å²) in [4.78, 5) is 0. The summed E-state index contributed by atoms with van der Waals surface area (Å²) in [5.41, 5.74) is 7.75. The summed E-state index contributed by atoms with van der Waals surface area (Å²) in [5.74, 6) is 1.33. The van der Waals surface area contributed by atoms with Gasteiger partial charge in [-0.2, -0.15) is 10.4 Å². The molecular weight excluding hydrogens is 430 g/mol. The lowest BCUT2D eigenvalue weighted by Crippen LogP contribution is -2.44. The normalized spacial score (nSPS) is 26.0. The molecule has 4 nitrogen and oxygen atoms in total. The number of allylic oxidation sites excluding steroid dienone is 2. The zero-order valence-electron chi connectivity index (χ0n) is 20.7. The molecule has 6 rings (SSSR count). The van der Waals surface area contributed by atoms with Crippen molar-refractivity contribution in [1.82, 2.24) is 9.78 Å². The molecule has 4 heteroatoms. The van der Waals surface area contributed by atoms with E-state index in [-0.39, 0.29) is 11.3 Å². The van der Waals surface area contributed by atoms with Crippen molar-refractivity contribution in [2.24, 2.45) is 17.8 Å². The maximum Gasteiger partial charge on any atom is 0.109 e. The van der Waals surface area contributed by atoms with Crippen LogP contribution in [0.5, 0.6) is 0 Å². The summed E-state index contributed by atoms with van der Waals surface area (Å²) < 4.78 is 2.21. The molecular formula is C31H33N3O.